The number of imide groups is 1. The van der Waals surface area contributed by atoms with Gasteiger partial charge in [-0.25, -0.2) is 0 Å². The van der Waals surface area contributed by atoms with E-state index in [0.29, 0.717) is 65.4 Å². The molecule has 8 N–H and O–H groups in total. The van der Waals surface area contributed by atoms with Crippen LogP contribution in [-0.2, 0) is 66.8 Å². The van der Waals surface area contributed by atoms with Crippen molar-refractivity contribution < 1.29 is 81.1 Å². The quantitative estimate of drug-likeness (QED) is 0.0223. The Morgan fingerprint density at radius 1 is 0.350 bits per heavy atom. The highest BCUT2D eigenvalue weighted by Gasteiger charge is 2.40. The number of carbonyl (C=O) groups excluding carboxylic acids is 10. The Bertz CT molecular complexity index is 2350. The molecule has 1 heterocycles. The van der Waals surface area contributed by atoms with Crippen LogP contribution < -0.4 is 47.3 Å². The summed E-state index contributed by atoms with van der Waals surface area (Å²) in [5.74, 6) is -2.62. The molecule has 1 fully saturated rings. The standard InChI is InChI=1S/C77H135N9O17/c1-5-7-9-11-13-15-17-19-21-23-25-27-29-31-68(87)78-37-49-100-51-39-81-71(90)34-46-97-54-42-84-75(94)64-59-65(61-66(60-64)103-56-44-83-73(92)36-48-99-57-58-102-53-41-80-70(89)33-45-86-74(93)62-67(63(3)4)77(86)96)76(95)85-43-55-98-47-35-72(91)82-40-52-101-50-38-79-69(88)32-30-28-26-24-22-20-18-16-14-12-10-8-6-2/h59-61,63,67H,5-58,62H2,1-4H3,(H,78,87)(H,79,88)(H,80,89)(H,81,90)(H,82,91)(H,83,92)(H,84,94)(H,85,95). The van der Waals surface area contributed by atoms with Gasteiger partial charge in [0.1, 0.15) is 12.4 Å². The third-order valence-electron chi connectivity index (χ3n) is 17.5. The summed E-state index contributed by atoms with van der Waals surface area (Å²) in [5, 5.41) is 22.3. The van der Waals surface area contributed by atoms with Gasteiger partial charge in [-0.2, -0.15) is 0 Å². The predicted molar refractivity (Wildman–Crippen MR) is 398 cm³/mol. The molecule has 1 aliphatic heterocycles. The summed E-state index contributed by atoms with van der Waals surface area (Å²) in [4.78, 5) is 127. The molecule has 1 unspecified atom stereocenters. The van der Waals surface area contributed by atoms with Gasteiger partial charge < -0.3 is 75.7 Å². The number of carbonyl (C=O) groups is 10. The lowest BCUT2D eigenvalue weighted by Crippen LogP contribution is -2.36. The maximum Gasteiger partial charge on any atom is 0.251 e. The lowest BCUT2D eigenvalue weighted by Gasteiger charge is -2.16. The number of ether oxygens (including phenoxy) is 7. The summed E-state index contributed by atoms with van der Waals surface area (Å²) in [6.45, 7) is 12.7. The van der Waals surface area contributed by atoms with E-state index in [-0.39, 0.29) is 200 Å². The SMILES string of the molecule is CCCCCCCCCCCCCCCC(=O)NCCOCCNC(=O)CCOCCNC(=O)c1cc(OCCNC(=O)CCOCCOCCNC(=O)CCN2C(=O)CC(C(C)C)C2=O)cc(C(=O)NCCOCCC(=O)NCCOCCNC(=O)CCCCCCCCCCCCCCC)c1. The van der Waals surface area contributed by atoms with E-state index >= 15 is 0 Å². The maximum absolute atomic E-state index is 13.4. The fourth-order valence-corrected chi connectivity index (χ4v) is 11.3. The fraction of sp³-hybridized carbons (Fsp3) is 0.792. The molecule has 0 radical (unpaired) electrons. The van der Waals surface area contributed by atoms with Gasteiger partial charge in [-0.1, -0.05) is 182 Å². The zero-order chi connectivity index (χ0) is 74.9. The molecule has 590 valence electrons. The largest absolute Gasteiger partial charge is 0.492 e. The van der Waals surface area contributed by atoms with Crippen LogP contribution in [0.4, 0.5) is 0 Å². The summed E-state index contributed by atoms with van der Waals surface area (Å²) in [6, 6.07) is 4.35. The summed E-state index contributed by atoms with van der Waals surface area (Å²) in [7, 11) is 0. The van der Waals surface area contributed by atoms with E-state index < -0.39 is 11.8 Å². The second-order valence-corrected chi connectivity index (χ2v) is 26.8. The van der Waals surface area contributed by atoms with E-state index in [1.54, 1.807) is 0 Å². The topological polar surface area (TPSA) is 335 Å². The van der Waals surface area contributed by atoms with Crippen molar-refractivity contribution in [2.75, 3.05) is 145 Å². The van der Waals surface area contributed by atoms with Gasteiger partial charge in [0.05, 0.1) is 85.8 Å². The first-order valence-electron chi connectivity index (χ1n) is 39.4. The molecule has 1 aliphatic rings. The smallest absolute Gasteiger partial charge is 0.251 e. The Labute approximate surface area is 616 Å². The molecule has 26 heteroatoms. The molecule has 0 saturated carbocycles. The molecule has 0 aromatic heterocycles. The molecule has 26 nitrogen and oxygen atoms in total. The van der Waals surface area contributed by atoms with Gasteiger partial charge >= 0.3 is 0 Å². The van der Waals surface area contributed by atoms with Gasteiger partial charge in [0.15, 0.2) is 0 Å². The molecule has 2 rings (SSSR count). The monoisotopic (exact) mass is 1460 g/mol. The summed E-state index contributed by atoms with van der Waals surface area (Å²) in [5.41, 5.74) is 0.234. The Hall–Kier alpha value is -6.32. The third kappa shape index (κ3) is 53.2. The molecule has 1 aromatic carbocycles. The number of nitrogens with zero attached hydrogens (tertiary/aromatic N) is 1. The lowest BCUT2D eigenvalue weighted by molar-refractivity contribution is -0.140. The number of hydrogen-bond donors (Lipinski definition) is 8. The normalized spacial score (nSPS) is 12.7. The van der Waals surface area contributed by atoms with Crippen LogP contribution in [0.1, 0.15) is 260 Å². The van der Waals surface area contributed by atoms with Crippen LogP contribution in [0, 0.1) is 11.8 Å². The Morgan fingerprint density at radius 2 is 0.631 bits per heavy atom. The van der Waals surface area contributed by atoms with Gasteiger partial charge in [0.25, 0.3) is 11.8 Å². The zero-order valence-corrected chi connectivity index (χ0v) is 63.7. The Kier molecular flexibility index (Phi) is 58.7. The van der Waals surface area contributed by atoms with Crippen LogP contribution in [0.5, 0.6) is 5.75 Å². The number of unbranched alkanes of at least 4 members (excludes halogenated alkanes) is 24. The molecular weight excluding hydrogens is 1320 g/mol. The van der Waals surface area contributed by atoms with Crippen LogP contribution in [-0.4, -0.2) is 209 Å². The second-order valence-electron chi connectivity index (χ2n) is 26.8. The highest BCUT2D eigenvalue weighted by atomic mass is 16.5. The highest BCUT2D eigenvalue weighted by Crippen LogP contribution is 2.26. The molecule has 103 heavy (non-hydrogen) atoms. The lowest BCUT2D eigenvalue weighted by atomic mass is 9.94. The second kappa shape index (κ2) is 65.2. The fourth-order valence-electron chi connectivity index (χ4n) is 11.3. The Balaban J connectivity index is 1.67. The number of likely N-dealkylation sites (tertiary alicyclic amines) is 1. The van der Waals surface area contributed by atoms with Gasteiger partial charge in [-0.05, 0) is 37.0 Å². The van der Waals surface area contributed by atoms with Crippen LogP contribution in [0.2, 0.25) is 0 Å². The first-order chi connectivity index (χ1) is 50.1. The van der Waals surface area contributed by atoms with Crippen molar-refractivity contribution in [3.63, 3.8) is 0 Å². The maximum atomic E-state index is 13.4. The summed E-state index contributed by atoms with van der Waals surface area (Å²) >= 11 is 0. The number of hydrogen-bond acceptors (Lipinski definition) is 17. The van der Waals surface area contributed by atoms with Crippen molar-refractivity contribution in [2.24, 2.45) is 11.8 Å². The van der Waals surface area contributed by atoms with Gasteiger partial charge in [0, 0.05) is 114 Å². The van der Waals surface area contributed by atoms with Crippen LogP contribution in [0.25, 0.3) is 0 Å². The van der Waals surface area contributed by atoms with E-state index in [2.05, 4.69) is 56.4 Å². The first-order valence-corrected chi connectivity index (χ1v) is 39.4. The average Bonchev–Trinajstić information content (AvgIpc) is 1.46. The molecule has 0 spiro atoms. The summed E-state index contributed by atoms with van der Waals surface area (Å²) in [6.07, 6.45) is 34.2. The van der Waals surface area contributed by atoms with Gasteiger partial charge in [0.2, 0.25) is 47.3 Å². The van der Waals surface area contributed by atoms with Crippen LogP contribution in [0.15, 0.2) is 18.2 Å². The molecular formula is C77H135N9O17. The third-order valence-corrected chi connectivity index (χ3v) is 17.5. The van der Waals surface area contributed by atoms with Crippen molar-refractivity contribution in [1.82, 2.24) is 47.4 Å². The summed E-state index contributed by atoms with van der Waals surface area (Å²) < 4.78 is 39.3. The number of amides is 10. The minimum absolute atomic E-state index is 0.00238. The van der Waals surface area contributed by atoms with Crippen molar-refractivity contribution in [3.8, 4) is 5.75 Å². The van der Waals surface area contributed by atoms with E-state index in [4.69, 9.17) is 33.2 Å². The number of nitrogens with one attached hydrogen (secondary N) is 8. The van der Waals surface area contributed by atoms with Crippen LogP contribution in [0.3, 0.4) is 0 Å². The molecule has 0 aliphatic carbocycles. The molecule has 1 aromatic rings. The van der Waals surface area contributed by atoms with Gasteiger partial charge in [-0.3, -0.25) is 52.8 Å². The zero-order valence-electron chi connectivity index (χ0n) is 63.7. The average molecular weight is 1460 g/mol. The van der Waals surface area contributed by atoms with Crippen molar-refractivity contribution in [2.45, 2.75) is 240 Å². The van der Waals surface area contributed by atoms with Gasteiger partial charge in [-0.15, -0.1) is 0 Å². The van der Waals surface area contributed by atoms with E-state index in [9.17, 15) is 47.9 Å². The van der Waals surface area contributed by atoms with Crippen molar-refractivity contribution >= 4 is 59.1 Å². The number of rotatable bonds is 71. The van der Waals surface area contributed by atoms with E-state index in [0.717, 1.165) is 30.6 Å². The molecule has 1 atom stereocenters. The minimum atomic E-state index is -0.518. The minimum Gasteiger partial charge on any atom is -0.492 e. The molecule has 10 amide bonds. The number of benzene rings is 1. The molecule has 0 bridgehead atoms. The first kappa shape index (κ1) is 92.8. The highest BCUT2D eigenvalue weighted by molar-refractivity contribution is 6.04. The van der Waals surface area contributed by atoms with Crippen molar-refractivity contribution in [1.29, 1.82) is 0 Å². The predicted octanol–water partition coefficient (Wildman–Crippen LogP) is 8.88. The van der Waals surface area contributed by atoms with Crippen molar-refractivity contribution in [3.05, 3.63) is 29.3 Å². The van der Waals surface area contributed by atoms with E-state index in [1.807, 2.05) is 13.8 Å². The van der Waals surface area contributed by atoms with Crippen LogP contribution >= 0.6 is 0 Å². The van der Waals surface area contributed by atoms with E-state index in [1.165, 1.54) is 159 Å². The molecule has 1 saturated heterocycles. The Morgan fingerprint density at radius 3 is 0.971 bits per heavy atom.